The second-order valence-corrected chi connectivity index (χ2v) is 5.07. The van der Waals surface area contributed by atoms with Crippen molar-refractivity contribution < 1.29 is 14.5 Å². The first kappa shape index (κ1) is 15.0. The minimum atomic E-state index is -0.805. The molecular formula is C14H17N3O4. The molecule has 2 N–H and O–H groups in total. The van der Waals surface area contributed by atoms with Gasteiger partial charge in [0, 0.05) is 23.9 Å². The van der Waals surface area contributed by atoms with Crippen molar-refractivity contribution in [2.24, 2.45) is 0 Å². The number of rotatable bonds is 3. The summed E-state index contributed by atoms with van der Waals surface area (Å²) in [6.45, 7) is 0. The van der Waals surface area contributed by atoms with Gasteiger partial charge >= 0.3 is 11.8 Å². The molecular weight excluding hydrogens is 274 g/mol. The lowest BCUT2D eigenvalue weighted by Gasteiger charge is -2.22. The number of carbonyl (C=O) groups excluding carboxylic acids is 2. The SMILES string of the molecule is O=C(Nc1cccc([N+](=O)[O-])c1)C(=O)NC1CCCCC1. The summed E-state index contributed by atoms with van der Waals surface area (Å²) >= 11 is 0. The number of nitro benzene ring substituents is 1. The van der Waals surface area contributed by atoms with Gasteiger partial charge in [0.05, 0.1) is 4.92 Å². The highest BCUT2D eigenvalue weighted by molar-refractivity contribution is 6.39. The van der Waals surface area contributed by atoms with Gasteiger partial charge in [-0.05, 0) is 18.9 Å². The van der Waals surface area contributed by atoms with Crippen LogP contribution in [0, 0.1) is 10.1 Å². The number of benzene rings is 1. The average molecular weight is 291 g/mol. The Kier molecular flexibility index (Phi) is 4.86. The van der Waals surface area contributed by atoms with Gasteiger partial charge in [-0.3, -0.25) is 19.7 Å². The number of nitrogens with one attached hydrogen (secondary N) is 2. The summed E-state index contributed by atoms with van der Waals surface area (Å²) in [5, 5.41) is 15.7. The summed E-state index contributed by atoms with van der Waals surface area (Å²) in [5.41, 5.74) is 0.0912. The Morgan fingerprint density at radius 1 is 1.14 bits per heavy atom. The van der Waals surface area contributed by atoms with Crippen molar-refractivity contribution in [2.75, 3.05) is 5.32 Å². The molecule has 2 amide bonds. The highest BCUT2D eigenvalue weighted by Crippen LogP contribution is 2.18. The Bertz CT molecular complexity index is 553. The van der Waals surface area contributed by atoms with E-state index >= 15 is 0 Å². The monoisotopic (exact) mass is 291 g/mol. The van der Waals surface area contributed by atoms with Gasteiger partial charge in [0.15, 0.2) is 0 Å². The second kappa shape index (κ2) is 6.83. The van der Waals surface area contributed by atoms with E-state index in [2.05, 4.69) is 10.6 Å². The maximum absolute atomic E-state index is 11.8. The van der Waals surface area contributed by atoms with Crippen molar-refractivity contribution in [1.29, 1.82) is 0 Å². The van der Waals surface area contributed by atoms with Crippen LogP contribution in [0.1, 0.15) is 32.1 Å². The van der Waals surface area contributed by atoms with Crippen LogP contribution in [0.25, 0.3) is 0 Å². The van der Waals surface area contributed by atoms with Crippen molar-refractivity contribution in [3.8, 4) is 0 Å². The Morgan fingerprint density at radius 2 is 1.86 bits per heavy atom. The Labute approximate surface area is 121 Å². The fraction of sp³-hybridized carbons (Fsp3) is 0.429. The number of nitro groups is 1. The predicted octanol–water partition coefficient (Wildman–Crippen LogP) is 1.98. The van der Waals surface area contributed by atoms with E-state index < -0.39 is 16.7 Å². The Hall–Kier alpha value is -2.44. The molecule has 0 bridgehead atoms. The molecule has 21 heavy (non-hydrogen) atoms. The van der Waals surface area contributed by atoms with E-state index in [0.29, 0.717) is 0 Å². The maximum Gasteiger partial charge on any atom is 0.313 e. The fourth-order valence-electron chi connectivity index (χ4n) is 2.38. The van der Waals surface area contributed by atoms with Gasteiger partial charge in [-0.2, -0.15) is 0 Å². The summed E-state index contributed by atoms with van der Waals surface area (Å²) in [4.78, 5) is 33.6. The van der Waals surface area contributed by atoms with Crippen molar-refractivity contribution in [1.82, 2.24) is 5.32 Å². The molecule has 0 saturated heterocycles. The van der Waals surface area contributed by atoms with Gasteiger partial charge in [-0.1, -0.05) is 25.3 Å². The van der Waals surface area contributed by atoms with E-state index in [4.69, 9.17) is 0 Å². The molecule has 0 atom stereocenters. The summed E-state index contributed by atoms with van der Waals surface area (Å²) in [6, 6.07) is 5.52. The first-order valence-corrected chi connectivity index (χ1v) is 6.92. The first-order chi connectivity index (χ1) is 10.1. The molecule has 2 rings (SSSR count). The van der Waals surface area contributed by atoms with Crippen molar-refractivity contribution in [3.63, 3.8) is 0 Å². The molecule has 1 aromatic carbocycles. The first-order valence-electron chi connectivity index (χ1n) is 6.92. The minimum Gasteiger partial charge on any atom is -0.345 e. The lowest BCUT2D eigenvalue weighted by molar-refractivity contribution is -0.384. The number of non-ortho nitro benzene ring substituents is 1. The Balaban J connectivity index is 1.92. The lowest BCUT2D eigenvalue weighted by Crippen LogP contribution is -2.42. The molecule has 0 unspecified atom stereocenters. The van der Waals surface area contributed by atoms with E-state index in [9.17, 15) is 19.7 Å². The van der Waals surface area contributed by atoms with Crippen LogP contribution in [0.15, 0.2) is 24.3 Å². The number of hydrogen-bond acceptors (Lipinski definition) is 4. The van der Waals surface area contributed by atoms with Crippen LogP contribution >= 0.6 is 0 Å². The third-order valence-electron chi connectivity index (χ3n) is 3.46. The summed E-state index contributed by atoms with van der Waals surface area (Å²) < 4.78 is 0. The molecule has 1 aromatic rings. The molecule has 7 nitrogen and oxygen atoms in total. The van der Waals surface area contributed by atoms with Gasteiger partial charge in [-0.25, -0.2) is 0 Å². The number of hydrogen-bond donors (Lipinski definition) is 2. The van der Waals surface area contributed by atoms with Crippen LogP contribution in [0.5, 0.6) is 0 Å². The number of carbonyl (C=O) groups is 2. The number of amides is 2. The van der Waals surface area contributed by atoms with Gasteiger partial charge < -0.3 is 10.6 Å². The van der Waals surface area contributed by atoms with E-state index in [-0.39, 0.29) is 17.4 Å². The zero-order valence-corrected chi connectivity index (χ0v) is 11.5. The highest BCUT2D eigenvalue weighted by Gasteiger charge is 2.20. The molecule has 7 heteroatoms. The van der Waals surface area contributed by atoms with Gasteiger partial charge in [0.25, 0.3) is 5.69 Å². The molecule has 1 aliphatic carbocycles. The average Bonchev–Trinajstić information content (AvgIpc) is 2.48. The normalized spacial score (nSPS) is 15.2. The smallest absolute Gasteiger partial charge is 0.313 e. The lowest BCUT2D eigenvalue weighted by atomic mass is 9.95. The van der Waals surface area contributed by atoms with E-state index in [1.165, 1.54) is 24.3 Å². The highest BCUT2D eigenvalue weighted by atomic mass is 16.6. The zero-order chi connectivity index (χ0) is 15.2. The quantitative estimate of drug-likeness (QED) is 0.505. The fourth-order valence-corrected chi connectivity index (χ4v) is 2.38. The molecule has 0 spiro atoms. The zero-order valence-electron chi connectivity index (χ0n) is 11.5. The van der Waals surface area contributed by atoms with E-state index in [0.717, 1.165) is 32.1 Å². The molecule has 1 saturated carbocycles. The maximum atomic E-state index is 11.8. The molecule has 0 aromatic heterocycles. The Morgan fingerprint density at radius 3 is 2.52 bits per heavy atom. The van der Waals surface area contributed by atoms with Crippen LogP contribution in [0.4, 0.5) is 11.4 Å². The molecule has 0 aliphatic heterocycles. The van der Waals surface area contributed by atoms with Crippen LogP contribution in [-0.4, -0.2) is 22.8 Å². The van der Waals surface area contributed by atoms with Crippen LogP contribution in [0.2, 0.25) is 0 Å². The minimum absolute atomic E-state index is 0.0436. The van der Waals surface area contributed by atoms with Crippen molar-refractivity contribution >= 4 is 23.2 Å². The third-order valence-corrected chi connectivity index (χ3v) is 3.46. The van der Waals surface area contributed by atoms with Gasteiger partial charge in [0.2, 0.25) is 0 Å². The number of anilines is 1. The van der Waals surface area contributed by atoms with E-state index in [1.54, 1.807) is 0 Å². The van der Waals surface area contributed by atoms with E-state index in [1.807, 2.05) is 0 Å². The third kappa shape index (κ3) is 4.27. The van der Waals surface area contributed by atoms with Crippen LogP contribution in [0.3, 0.4) is 0 Å². The van der Waals surface area contributed by atoms with Gasteiger partial charge in [-0.15, -0.1) is 0 Å². The summed E-state index contributed by atoms with van der Waals surface area (Å²) in [6.07, 6.45) is 5.03. The van der Waals surface area contributed by atoms with Crippen molar-refractivity contribution in [3.05, 3.63) is 34.4 Å². The molecule has 1 fully saturated rings. The predicted molar refractivity (Wildman–Crippen MR) is 76.7 cm³/mol. The topological polar surface area (TPSA) is 101 Å². The standard InChI is InChI=1S/C14H17N3O4/c18-13(15-10-5-2-1-3-6-10)14(19)16-11-7-4-8-12(9-11)17(20)21/h4,7-10H,1-3,5-6H2,(H,15,18)(H,16,19). The molecule has 0 radical (unpaired) electrons. The second-order valence-electron chi connectivity index (χ2n) is 5.07. The van der Waals surface area contributed by atoms with Crippen molar-refractivity contribution in [2.45, 2.75) is 38.1 Å². The summed E-state index contributed by atoms with van der Waals surface area (Å²) in [5.74, 6) is -1.51. The summed E-state index contributed by atoms with van der Waals surface area (Å²) in [7, 11) is 0. The number of nitrogens with zero attached hydrogens (tertiary/aromatic N) is 1. The van der Waals surface area contributed by atoms with Crippen LogP contribution < -0.4 is 10.6 Å². The molecule has 1 aliphatic rings. The largest absolute Gasteiger partial charge is 0.345 e. The molecule has 112 valence electrons. The van der Waals surface area contributed by atoms with Crippen LogP contribution in [-0.2, 0) is 9.59 Å². The molecule has 0 heterocycles. The van der Waals surface area contributed by atoms with Gasteiger partial charge in [0.1, 0.15) is 0 Å².